The minimum Gasteiger partial charge on any atom is -0.297 e. The molecular weight excluding hydrogens is 296 g/mol. The minimum absolute atomic E-state index is 0.223. The molecule has 0 amide bonds. The Kier molecular flexibility index (Phi) is 3.68. The second-order valence-corrected chi connectivity index (χ2v) is 6.22. The summed E-state index contributed by atoms with van der Waals surface area (Å²) in [6.45, 7) is 0.936. The van der Waals surface area contributed by atoms with E-state index in [1.807, 2.05) is 6.07 Å². The third kappa shape index (κ3) is 2.94. The van der Waals surface area contributed by atoms with Crippen LogP contribution in [-0.4, -0.2) is 6.54 Å². The second-order valence-electron chi connectivity index (χ2n) is 3.68. The quantitative estimate of drug-likeness (QED) is 0.920. The largest absolute Gasteiger partial charge is 0.297 e. The van der Waals surface area contributed by atoms with E-state index in [0.29, 0.717) is 4.34 Å². The lowest BCUT2D eigenvalue weighted by Crippen LogP contribution is -2.21. The second kappa shape index (κ2) is 4.84. The molecule has 1 saturated carbocycles. The zero-order chi connectivity index (χ0) is 10.8. The first-order chi connectivity index (χ1) is 7.20. The zero-order valence-electron chi connectivity index (χ0n) is 7.96. The molecule has 1 aromatic rings. The summed E-state index contributed by atoms with van der Waals surface area (Å²) in [5, 5.41) is 12.3. The van der Waals surface area contributed by atoms with Crippen molar-refractivity contribution in [2.24, 2.45) is 5.92 Å². The van der Waals surface area contributed by atoms with Crippen LogP contribution in [0.4, 0.5) is 0 Å². The number of rotatable bonds is 4. The average molecular weight is 306 g/mol. The molecule has 1 aliphatic carbocycles. The molecule has 0 spiro atoms. The Hall–Kier alpha value is -0.0800. The van der Waals surface area contributed by atoms with Gasteiger partial charge in [-0.1, -0.05) is 11.6 Å². The molecule has 0 radical (unpaired) electrons. The fourth-order valence-electron chi connectivity index (χ4n) is 1.32. The van der Waals surface area contributed by atoms with E-state index >= 15 is 0 Å². The predicted octanol–water partition coefficient (Wildman–Crippen LogP) is 3.73. The zero-order valence-corrected chi connectivity index (χ0v) is 11.1. The number of thiophene rings is 1. The van der Waals surface area contributed by atoms with Gasteiger partial charge in [-0.15, -0.1) is 11.3 Å². The van der Waals surface area contributed by atoms with Crippen molar-refractivity contribution < 1.29 is 0 Å². The molecule has 1 N–H and O–H groups in total. The monoisotopic (exact) mass is 304 g/mol. The maximum Gasteiger partial charge on any atom is 0.130 e. The van der Waals surface area contributed by atoms with Gasteiger partial charge < -0.3 is 0 Å². The van der Waals surface area contributed by atoms with Crippen LogP contribution in [0, 0.1) is 17.2 Å². The molecule has 1 atom stereocenters. The molecule has 1 aromatic heterocycles. The molecule has 2 rings (SSSR count). The van der Waals surface area contributed by atoms with Gasteiger partial charge in [-0.25, -0.2) is 0 Å². The summed E-state index contributed by atoms with van der Waals surface area (Å²) in [6.07, 6.45) is 2.58. The Morgan fingerprint density at radius 1 is 1.73 bits per heavy atom. The molecule has 80 valence electrons. The van der Waals surface area contributed by atoms with Crippen molar-refractivity contribution >= 4 is 38.9 Å². The van der Waals surface area contributed by atoms with Crippen LogP contribution in [0.3, 0.4) is 0 Å². The lowest BCUT2D eigenvalue weighted by molar-refractivity contribution is 0.599. The Labute approximate surface area is 106 Å². The lowest BCUT2D eigenvalue weighted by Gasteiger charge is -2.08. The normalized spacial score (nSPS) is 17.4. The van der Waals surface area contributed by atoms with Gasteiger partial charge in [0.15, 0.2) is 0 Å². The Morgan fingerprint density at radius 3 is 2.93 bits per heavy atom. The number of nitrogens with one attached hydrogen (secondary N) is 1. The third-order valence-corrected chi connectivity index (χ3v) is 4.92. The van der Waals surface area contributed by atoms with Gasteiger partial charge >= 0.3 is 0 Å². The molecule has 2 nitrogen and oxygen atoms in total. The molecule has 0 saturated heterocycles. The van der Waals surface area contributed by atoms with Crippen LogP contribution >= 0.6 is 38.9 Å². The van der Waals surface area contributed by atoms with E-state index in [-0.39, 0.29) is 6.04 Å². The number of hydrogen-bond donors (Lipinski definition) is 1. The summed E-state index contributed by atoms with van der Waals surface area (Å²) in [6, 6.07) is 3.96. The molecule has 5 heteroatoms. The van der Waals surface area contributed by atoms with E-state index in [1.165, 1.54) is 24.2 Å². The van der Waals surface area contributed by atoms with Crippen molar-refractivity contribution in [2.45, 2.75) is 18.9 Å². The summed E-state index contributed by atoms with van der Waals surface area (Å²) < 4.78 is 1.58. The van der Waals surface area contributed by atoms with Crippen LogP contribution in [0.15, 0.2) is 10.5 Å². The highest BCUT2D eigenvalue weighted by molar-refractivity contribution is 9.10. The van der Waals surface area contributed by atoms with Gasteiger partial charge in [0.1, 0.15) is 10.4 Å². The first-order valence-corrected chi connectivity index (χ1v) is 6.77. The minimum atomic E-state index is -0.223. The molecule has 1 fully saturated rings. The molecule has 1 heterocycles. The first-order valence-electron chi connectivity index (χ1n) is 4.78. The fraction of sp³-hybridized carbons (Fsp3) is 0.500. The maximum absolute atomic E-state index is 9.05. The van der Waals surface area contributed by atoms with Gasteiger partial charge in [-0.05, 0) is 47.3 Å². The average Bonchev–Trinajstić information content (AvgIpc) is 2.96. The van der Waals surface area contributed by atoms with Crippen molar-refractivity contribution in [1.82, 2.24) is 5.32 Å². The molecule has 1 unspecified atom stereocenters. The van der Waals surface area contributed by atoms with Crippen LogP contribution in [0.25, 0.3) is 0 Å². The summed E-state index contributed by atoms with van der Waals surface area (Å²) >= 11 is 10.7. The Morgan fingerprint density at radius 2 is 2.47 bits per heavy atom. The van der Waals surface area contributed by atoms with Crippen LogP contribution in [-0.2, 0) is 0 Å². The highest BCUT2D eigenvalue weighted by atomic mass is 79.9. The van der Waals surface area contributed by atoms with Crippen LogP contribution in [0.5, 0.6) is 0 Å². The first kappa shape index (κ1) is 11.4. The Balaban J connectivity index is 2.01. The van der Waals surface area contributed by atoms with Gasteiger partial charge in [0.05, 0.1) is 6.07 Å². The number of hydrogen-bond acceptors (Lipinski definition) is 3. The van der Waals surface area contributed by atoms with Crippen molar-refractivity contribution in [3.63, 3.8) is 0 Å². The highest BCUT2D eigenvalue weighted by Gasteiger charge is 2.23. The van der Waals surface area contributed by atoms with E-state index in [0.717, 1.165) is 21.8 Å². The van der Waals surface area contributed by atoms with Crippen molar-refractivity contribution in [3.05, 3.63) is 19.8 Å². The highest BCUT2D eigenvalue weighted by Crippen LogP contribution is 2.35. The van der Waals surface area contributed by atoms with E-state index in [2.05, 4.69) is 27.3 Å². The standard InChI is InChI=1S/C10H10BrClN2S/c11-7-3-9(15-10(7)12)8(4-13)14-5-6-1-2-6/h3,6,8,14H,1-2,5H2. The van der Waals surface area contributed by atoms with Gasteiger partial charge in [-0.3, -0.25) is 5.32 Å². The van der Waals surface area contributed by atoms with Crippen molar-refractivity contribution in [2.75, 3.05) is 6.54 Å². The van der Waals surface area contributed by atoms with E-state index in [9.17, 15) is 0 Å². The van der Waals surface area contributed by atoms with Gasteiger partial charge in [0, 0.05) is 9.35 Å². The maximum atomic E-state index is 9.05. The fourth-order valence-corrected chi connectivity index (χ4v) is 3.08. The molecule has 0 aliphatic heterocycles. The van der Waals surface area contributed by atoms with Crippen LogP contribution < -0.4 is 5.32 Å². The molecular formula is C10H10BrClN2S. The van der Waals surface area contributed by atoms with Crippen molar-refractivity contribution in [1.29, 1.82) is 5.26 Å². The molecule has 15 heavy (non-hydrogen) atoms. The number of halogens is 2. The topological polar surface area (TPSA) is 35.8 Å². The number of nitriles is 1. The number of nitrogens with zero attached hydrogens (tertiary/aromatic N) is 1. The van der Waals surface area contributed by atoms with Crippen LogP contribution in [0.1, 0.15) is 23.8 Å². The van der Waals surface area contributed by atoms with E-state index < -0.39 is 0 Å². The van der Waals surface area contributed by atoms with E-state index in [4.69, 9.17) is 16.9 Å². The predicted molar refractivity (Wildman–Crippen MR) is 66.1 cm³/mol. The summed E-state index contributed by atoms with van der Waals surface area (Å²) in [5.74, 6) is 0.778. The third-order valence-electron chi connectivity index (χ3n) is 2.39. The molecule has 0 bridgehead atoms. The smallest absolute Gasteiger partial charge is 0.130 e. The SMILES string of the molecule is N#CC(NCC1CC1)c1cc(Br)c(Cl)s1. The van der Waals surface area contributed by atoms with Crippen LogP contribution in [0.2, 0.25) is 4.34 Å². The summed E-state index contributed by atoms with van der Waals surface area (Å²) in [5.41, 5.74) is 0. The lowest BCUT2D eigenvalue weighted by atomic mass is 10.2. The van der Waals surface area contributed by atoms with E-state index in [1.54, 1.807) is 0 Å². The van der Waals surface area contributed by atoms with Gasteiger partial charge in [-0.2, -0.15) is 5.26 Å². The van der Waals surface area contributed by atoms with Gasteiger partial charge in [0.2, 0.25) is 0 Å². The Bertz CT molecular complexity index is 375. The molecule has 0 aromatic carbocycles. The van der Waals surface area contributed by atoms with Crippen molar-refractivity contribution in [3.8, 4) is 6.07 Å². The molecule has 1 aliphatic rings. The summed E-state index contributed by atoms with van der Waals surface area (Å²) in [7, 11) is 0. The summed E-state index contributed by atoms with van der Waals surface area (Å²) in [4.78, 5) is 0.982. The van der Waals surface area contributed by atoms with Gasteiger partial charge in [0.25, 0.3) is 0 Å².